The minimum Gasteiger partial charge on any atom is -0.383 e. The van der Waals surface area contributed by atoms with E-state index in [0.29, 0.717) is 12.1 Å². The van der Waals surface area contributed by atoms with Gasteiger partial charge >= 0.3 is 12.4 Å². The van der Waals surface area contributed by atoms with E-state index in [2.05, 4.69) is 10.6 Å². The highest BCUT2D eigenvalue weighted by atomic mass is 19.4. The third kappa shape index (κ3) is 6.76. The van der Waals surface area contributed by atoms with Crippen molar-refractivity contribution in [3.05, 3.63) is 71.4 Å². The number of benzene rings is 2. The second-order valence-corrected chi connectivity index (χ2v) is 6.57. The van der Waals surface area contributed by atoms with Crippen molar-refractivity contribution >= 4 is 23.2 Å². The van der Waals surface area contributed by atoms with Crippen molar-refractivity contribution in [3.8, 4) is 0 Å². The highest BCUT2D eigenvalue weighted by Crippen LogP contribution is 2.31. The predicted molar refractivity (Wildman–Crippen MR) is 102 cm³/mol. The van der Waals surface area contributed by atoms with Crippen LogP contribution >= 0.6 is 0 Å². The molecule has 5 nitrogen and oxygen atoms in total. The molecule has 0 fully saturated rings. The Balaban J connectivity index is 2.26. The van der Waals surface area contributed by atoms with Crippen LogP contribution in [0, 0.1) is 0 Å². The van der Waals surface area contributed by atoms with Gasteiger partial charge in [-0.1, -0.05) is 12.1 Å². The number of carbonyl (C=O) groups is 2. The molecule has 0 heterocycles. The largest absolute Gasteiger partial charge is 0.416 e. The summed E-state index contributed by atoms with van der Waals surface area (Å²) in [5.41, 5.74) is -2.96. The van der Waals surface area contributed by atoms with Crippen molar-refractivity contribution in [2.45, 2.75) is 12.4 Å². The number of alkyl halides is 6. The van der Waals surface area contributed by atoms with E-state index in [1.54, 1.807) is 0 Å². The summed E-state index contributed by atoms with van der Waals surface area (Å²) in [6.07, 6.45) is -8.18. The maximum Gasteiger partial charge on any atom is 0.416 e. The maximum absolute atomic E-state index is 12.8. The van der Waals surface area contributed by atoms with Crippen LogP contribution in [0.3, 0.4) is 0 Å². The molecule has 0 aliphatic rings. The van der Waals surface area contributed by atoms with E-state index in [1.807, 2.05) is 0 Å². The lowest BCUT2D eigenvalue weighted by molar-refractivity contribution is -0.138. The van der Waals surface area contributed by atoms with Crippen LogP contribution in [0.25, 0.3) is 0 Å². The van der Waals surface area contributed by atoms with Crippen molar-refractivity contribution in [3.63, 3.8) is 0 Å². The van der Waals surface area contributed by atoms with E-state index in [1.165, 1.54) is 31.1 Å². The van der Waals surface area contributed by atoms with Gasteiger partial charge < -0.3 is 15.5 Å². The van der Waals surface area contributed by atoms with Crippen LogP contribution in [0.15, 0.2) is 60.3 Å². The van der Waals surface area contributed by atoms with Crippen LogP contribution in [-0.2, 0) is 21.9 Å². The lowest BCUT2D eigenvalue weighted by atomic mass is 10.1. The number of hydrogen-bond acceptors (Lipinski definition) is 3. The van der Waals surface area contributed by atoms with Crippen molar-refractivity contribution in [2.24, 2.45) is 0 Å². The smallest absolute Gasteiger partial charge is 0.383 e. The van der Waals surface area contributed by atoms with Gasteiger partial charge in [-0.05, 0) is 36.4 Å². The molecule has 0 unspecified atom stereocenters. The van der Waals surface area contributed by atoms with Gasteiger partial charge in [0.2, 0.25) is 0 Å². The molecule has 2 amide bonds. The Kier molecular flexibility index (Phi) is 6.98. The van der Waals surface area contributed by atoms with Gasteiger partial charge in [0.1, 0.15) is 5.57 Å². The van der Waals surface area contributed by atoms with Crippen LogP contribution in [0.5, 0.6) is 0 Å². The first-order chi connectivity index (χ1) is 14.3. The van der Waals surface area contributed by atoms with Gasteiger partial charge in [-0.15, -0.1) is 0 Å². The number of nitrogens with one attached hydrogen (secondary N) is 2. The number of nitrogens with zero attached hydrogens (tertiary/aromatic N) is 1. The van der Waals surface area contributed by atoms with Gasteiger partial charge in [0.25, 0.3) is 11.8 Å². The fraction of sp³-hybridized carbons (Fsp3) is 0.200. The SMILES string of the molecule is CN(C)C=C(C(=O)Nc1cccc(C(F)(F)F)c1)C(=O)Nc1cccc(C(F)(F)F)c1. The molecule has 0 radical (unpaired) electrons. The lowest BCUT2D eigenvalue weighted by Gasteiger charge is -2.14. The Morgan fingerprint density at radius 2 is 1.16 bits per heavy atom. The molecule has 0 saturated heterocycles. The summed E-state index contributed by atoms with van der Waals surface area (Å²) in [6.45, 7) is 0. The van der Waals surface area contributed by atoms with Gasteiger partial charge in [0.15, 0.2) is 0 Å². The fourth-order valence-electron chi connectivity index (χ4n) is 2.42. The molecule has 0 bridgehead atoms. The Morgan fingerprint density at radius 1 is 0.774 bits per heavy atom. The summed E-state index contributed by atoms with van der Waals surface area (Å²) in [4.78, 5) is 26.4. The highest BCUT2D eigenvalue weighted by molar-refractivity contribution is 6.26. The topological polar surface area (TPSA) is 61.4 Å². The van der Waals surface area contributed by atoms with E-state index >= 15 is 0 Å². The van der Waals surface area contributed by atoms with Crippen LogP contribution < -0.4 is 10.6 Å². The van der Waals surface area contributed by atoms with E-state index in [0.717, 1.165) is 30.5 Å². The molecule has 0 atom stereocenters. The fourth-order valence-corrected chi connectivity index (χ4v) is 2.42. The van der Waals surface area contributed by atoms with Crippen LogP contribution in [-0.4, -0.2) is 30.8 Å². The molecule has 2 N–H and O–H groups in total. The minimum absolute atomic E-state index is 0.212. The summed E-state index contributed by atoms with van der Waals surface area (Å²) in [5.74, 6) is -2.09. The Labute approximate surface area is 173 Å². The zero-order valence-corrected chi connectivity index (χ0v) is 16.2. The van der Waals surface area contributed by atoms with Gasteiger partial charge in [-0.3, -0.25) is 9.59 Å². The number of rotatable bonds is 5. The summed E-state index contributed by atoms with van der Waals surface area (Å²) < 4.78 is 77.1. The monoisotopic (exact) mass is 445 g/mol. The normalized spacial score (nSPS) is 11.5. The first-order valence-electron chi connectivity index (χ1n) is 8.63. The number of amides is 2. The Morgan fingerprint density at radius 3 is 1.48 bits per heavy atom. The molecule has 2 aromatic carbocycles. The van der Waals surface area contributed by atoms with Gasteiger partial charge in [-0.2, -0.15) is 26.3 Å². The molecule has 0 aliphatic heterocycles. The molecule has 2 aromatic rings. The number of hydrogen-bond donors (Lipinski definition) is 2. The van der Waals surface area contributed by atoms with Crippen LogP contribution in [0.2, 0.25) is 0 Å². The van der Waals surface area contributed by atoms with Crippen LogP contribution in [0.1, 0.15) is 11.1 Å². The quantitative estimate of drug-likeness (QED) is 0.302. The average Bonchev–Trinajstić information content (AvgIpc) is 2.65. The molecule has 0 aromatic heterocycles. The summed E-state index contributed by atoms with van der Waals surface area (Å²) in [7, 11) is 2.96. The second-order valence-electron chi connectivity index (χ2n) is 6.57. The van der Waals surface area contributed by atoms with Gasteiger partial charge in [0, 0.05) is 31.7 Å². The van der Waals surface area contributed by atoms with Crippen LogP contribution in [0.4, 0.5) is 37.7 Å². The van der Waals surface area contributed by atoms with E-state index in [9.17, 15) is 35.9 Å². The molecule has 31 heavy (non-hydrogen) atoms. The molecule has 166 valence electrons. The zero-order valence-electron chi connectivity index (χ0n) is 16.2. The van der Waals surface area contributed by atoms with E-state index in [-0.39, 0.29) is 11.4 Å². The maximum atomic E-state index is 12.8. The van der Waals surface area contributed by atoms with Gasteiger partial charge in [-0.25, -0.2) is 0 Å². The molecule has 11 heteroatoms. The molecule has 0 spiro atoms. The van der Waals surface area contributed by atoms with Gasteiger partial charge in [0.05, 0.1) is 11.1 Å². The van der Waals surface area contributed by atoms with E-state index < -0.39 is 40.9 Å². The number of carbonyl (C=O) groups excluding carboxylic acids is 2. The first kappa shape index (κ1) is 23.8. The molecule has 2 rings (SSSR count). The number of halogens is 6. The lowest BCUT2D eigenvalue weighted by Crippen LogP contribution is -2.27. The molecule has 0 aliphatic carbocycles. The van der Waals surface area contributed by atoms with Crippen molar-refractivity contribution in [2.75, 3.05) is 24.7 Å². The Hall–Kier alpha value is -3.50. The molecular formula is C20H17F6N3O2. The first-order valence-corrected chi connectivity index (χ1v) is 8.63. The minimum atomic E-state index is -4.64. The summed E-state index contributed by atoms with van der Waals surface area (Å²) in [5, 5.41) is 4.37. The third-order valence-electron chi connectivity index (χ3n) is 3.77. The standard InChI is InChI=1S/C20H17F6N3O2/c1-29(2)11-16(17(30)27-14-7-3-5-12(9-14)19(21,22)23)18(31)28-15-8-4-6-13(10-15)20(24,25)26/h3-11H,1-2H3,(H,27,30)(H,28,31). The number of anilines is 2. The average molecular weight is 445 g/mol. The Bertz CT molecular complexity index is 923. The highest BCUT2D eigenvalue weighted by Gasteiger charge is 2.32. The van der Waals surface area contributed by atoms with Crippen molar-refractivity contribution < 1.29 is 35.9 Å². The third-order valence-corrected chi connectivity index (χ3v) is 3.77. The van der Waals surface area contributed by atoms with E-state index in [4.69, 9.17) is 0 Å². The van der Waals surface area contributed by atoms with Crippen molar-refractivity contribution in [1.82, 2.24) is 4.90 Å². The summed E-state index contributed by atoms with van der Waals surface area (Å²) in [6, 6.07) is 7.56. The molecular weight excluding hydrogens is 428 g/mol. The second kappa shape index (κ2) is 9.11. The predicted octanol–water partition coefficient (Wildman–Crippen LogP) is 4.75. The van der Waals surface area contributed by atoms with Crippen molar-refractivity contribution in [1.29, 1.82) is 0 Å². The molecule has 0 saturated carbocycles. The zero-order chi connectivity index (χ0) is 23.4. The summed E-state index contributed by atoms with van der Waals surface area (Å²) >= 11 is 0.